The molecule has 3 rings (SSSR count). The molecule has 1 aliphatic rings. The maximum absolute atomic E-state index is 13.1. The molecule has 0 spiro atoms. The second-order valence-electron chi connectivity index (χ2n) is 6.31. The van der Waals surface area contributed by atoms with E-state index in [0.29, 0.717) is 19.0 Å². The van der Waals surface area contributed by atoms with Crippen LogP contribution in [0.3, 0.4) is 0 Å². The van der Waals surface area contributed by atoms with E-state index in [1.54, 1.807) is 16.8 Å². The normalized spacial score (nSPS) is 17.2. The number of carbonyl (C=O) groups excluding carboxylic acids is 1. The minimum absolute atomic E-state index is 0.00792. The third-order valence-electron chi connectivity index (χ3n) is 4.56. The minimum Gasteiger partial charge on any atom is -0.354 e. The Bertz CT molecular complexity index is 717. The first-order valence-corrected chi connectivity index (χ1v) is 8.35. The summed E-state index contributed by atoms with van der Waals surface area (Å²) in [6, 6.07) is 6.58. The van der Waals surface area contributed by atoms with Gasteiger partial charge in [0.15, 0.2) is 0 Å². The van der Waals surface area contributed by atoms with E-state index in [2.05, 4.69) is 15.7 Å². The lowest BCUT2D eigenvalue weighted by molar-refractivity contribution is -0.120. The highest BCUT2D eigenvalue weighted by Crippen LogP contribution is 2.19. The van der Waals surface area contributed by atoms with Crippen molar-refractivity contribution in [2.45, 2.75) is 39.2 Å². The molecule has 2 aromatic rings. The maximum Gasteiger partial charge on any atom is 0.224 e. The van der Waals surface area contributed by atoms with Gasteiger partial charge < -0.3 is 10.6 Å². The fourth-order valence-electron chi connectivity index (χ4n) is 3.16. The van der Waals surface area contributed by atoms with Crippen molar-refractivity contribution < 1.29 is 9.18 Å². The van der Waals surface area contributed by atoms with E-state index < -0.39 is 0 Å². The zero-order valence-electron chi connectivity index (χ0n) is 14.1. The number of aromatic nitrogens is 2. The quantitative estimate of drug-likeness (QED) is 0.882. The van der Waals surface area contributed by atoms with Gasteiger partial charge in [-0.25, -0.2) is 9.07 Å². The molecule has 1 fully saturated rings. The zero-order valence-corrected chi connectivity index (χ0v) is 14.1. The summed E-state index contributed by atoms with van der Waals surface area (Å²) in [4.78, 5) is 12.2. The second kappa shape index (κ2) is 7.13. The molecular formula is C18H23FN4O. The molecule has 24 heavy (non-hydrogen) atoms. The first-order chi connectivity index (χ1) is 11.5. The Morgan fingerprint density at radius 2 is 2.12 bits per heavy atom. The smallest absolute Gasteiger partial charge is 0.224 e. The van der Waals surface area contributed by atoms with Crippen molar-refractivity contribution in [1.29, 1.82) is 0 Å². The summed E-state index contributed by atoms with van der Waals surface area (Å²) in [7, 11) is 0. The van der Waals surface area contributed by atoms with E-state index >= 15 is 0 Å². The zero-order chi connectivity index (χ0) is 17.1. The molecule has 1 aliphatic heterocycles. The van der Waals surface area contributed by atoms with Crippen molar-refractivity contribution in [1.82, 2.24) is 20.4 Å². The highest BCUT2D eigenvalue weighted by Gasteiger charge is 2.18. The fourth-order valence-corrected chi connectivity index (χ4v) is 3.16. The number of carbonyl (C=O) groups is 1. The molecule has 0 saturated carbocycles. The summed E-state index contributed by atoms with van der Waals surface area (Å²) in [5.74, 6) is -0.269. The molecular weight excluding hydrogens is 307 g/mol. The van der Waals surface area contributed by atoms with Crippen LogP contribution < -0.4 is 10.6 Å². The molecule has 1 amide bonds. The monoisotopic (exact) mass is 330 g/mol. The van der Waals surface area contributed by atoms with Crippen LogP contribution in [0.25, 0.3) is 5.69 Å². The molecule has 1 saturated heterocycles. The van der Waals surface area contributed by atoms with Crippen LogP contribution in [0.15, 0.2) is 24.3 Å². The standard InChI is InChI=1S/C18H23FN4O/c1-12-17(10-18(24)21-11-15-4-3-9-20-15)13(2)23(22-12)16-7-5-14(19)6-8-16/h5-8,15,20H,3-4,9-11H2,1-2H3,(H,21,24). The van der Waals surface area contributed by atoms with Crippen molar-refractivity contribution in [2.24, 2.45) is 0 Å². The summed E-state index contributed by atoms with van der Waals surface area (Å²) in [6.45, 7) is 5.53. The molecule has 1 atom stereocenters. The van der Waals surface area contributed by atoms with Crippen molar-refractivity contribution in [2.75, 3.05) is 13.1 Å². The number of rotatable bonds is 5. The van der Waals surface area contributed by atoms with Gasteiger partial charge in [-0.15, -0.1) is 0 Å². The van der Waals surface area contributed by atoms with Crippen LogP contribution in [-0.2, 0) is 11.2 Å². The molecule has 0 bridgehead atoms. The molecule has 6 heteroatoms. The topological polar surface area (TPSA) is 59.0 Å². The first kappa shape index (κ1) is 16.6. The van der Waals surface area contributed by atoms with Crippen molar-refractivity contribution in [3.8, 4) is 5.69 Å². The lowest BCUT2D eigenvalue weighted by Gasteiger charge is -2.11. The molecule has 1 aromatic carbocycles. The Labute approximate surface area is 141 Å². The summed E-state index contributed by atoms with van der Waals surface area (Å²) in [5, 5.41) is 10.9. The van der Waals surface area contributed by atoms with Gasteiger partial charge in [-0.2, -0.15) is 5.10 Å². The highest BCUT2D eigenvalue weighted by atomic mass is 19.1. The maximum atomic E-state index is 13.1. The van der Waals surface area contributed by atoms with E-state index in [1.165, 1.54) is 18.6 Å². The molecule has 2 heterocycles. The van der Waals surface area contributed by atoms with Crippen LogP contribution in [0, 0.1) is 19.7 Å². The Morgan fingerprint density at radius 3 is 2.79 bits per heavy atom. The van der Waals surface area contributed by atoms with Gasteiger partial charge in [-0.1, -0.05) is 0 Å². The highest BCUT2D eigenvalue weighted by molar-refractivity contribution is 5.79. The summed E-state index contributed by atoms with van der Waals surface area (Å²) in [5.41, 5.74) is 3.45. The van der Waals surface area contributed by atoms with E-state index in [-0.39, 0.29) is 11.7 Å². The van der Waals surface area contributed by atoms with Crippen LogP contribution in [0.4, 0.5) is 4.39 Å². The third kappa shape index (κ3) is 3.64. The Hall–Kier alpha value is -2.21. The Morgan fingerprint density at radius 1 is 1.38 bits per heavy atom. The predicted octanol–water partition coefficient (Wildman–Crippen LogP) is 2.04. The van der Waals surface area contributed by atoms with Gasteiger partial charge in [-0.05, 0) is 57.5 Å². The van der Waals surface area contributed by atoms with E-state index in [4.69, 9.17) is 0 Å². The third-order valence-corrected chi connectivity index (χ3v) is 4.56. The molecule has 0 radical (unpaired) electrons. The summed E-state index contributed by atoms with van der Waals surface area (Å²) >= 11 is 0. The van der Waals surface area contributed by atoms with E-state index in [1.807, 2.05) is 13.8 Å². The van der Waals surface area contributed by atoms with Crippen molar-refractivity contribution in [3.63, 3.8) is 0 Å². The van der Waals surface area contributed by atoms with Gasteiger partial charge in [0.1, 0.15) is 5.82 Å². The largest absolute Gasteiger partial charge is 0.354 e. The van der Waals surface area contributed by atoms with Gasteiger partial charge in [0.05, 0.1) is 17.8 Å². The fraction of sp³-hybridized carbons (Fsp3) is 0.444. The molecule has 128 valence electrons. The Kier molecular flexibility index (Phi) is 4.94. The van der Waals surface area contributed by atoms with Crippen LogP contribution in [0.1, 0.15) is 29.8 Å². The number of nitrogens with zero attached hydrogens (tertiary/aromatic N) is 2. The van der Waals surface area contributed by atoms with Crippen LogP contribution in [0.5, 0.6) is 0 Å². The number of hydrogen-bond donors (Lipinski definition) is 2. The molecule has 0 aliphatic carbocycles. The van der Waals surface area contributed by atoms with Crippen molar-refractivity contribution in [3.05, 3.63) is 47.0 Å². The predicted molar refractivity (Wildman–Crippen MR) is 90.7 cm³/mol. The summed E-state index contributed by atoms with van der Waals surface area (Å²) in [6.07, 6.45) is 2.59. The van der Waals surface area contributed by atoms with Gasteiger partial charge in [-0.3, -0.25) is 4.79 Å². The minimum atomic E-state index is -0.277. The number of aryl methyl sites for hydroxylation is 1. The van der Waals surface area contributed by atoms with E-state index in [9.17, 15) is 9.18 Å². The number of halogens is 1. The SMILES string of the molecule is Cc1nn(-c2ccc(F)cc2)c(C)c1CC(=O)NCC1CCCN1. The number of hydrogen-bond acceptors (Lipinski definition) is 3. The number of benzene rings is 1. The lowest BCUT2D eigenvalue weighted by atomic mass is 10.1. The molecule has 5 nitrogen and oxygen atoms in total. The number of amides is 1. The summed E-state index contributed by atoms with van der Waals surface area (Å²) < 4.78 is 14.8. The van der Waals surface area contributed by atoms with Gasteiger partial charge in [0, 0.05) is 23.8 Å². The first-order valence-electron chi connectivity index (χ1n) is 8.35. The second-order valence-corrected chi connectivity index (χ2v) is 6.31. The van der Waals surface area contributed by atoms with Crippen LogP contribution in [0.2, 0.25) is 0 Å². The van der Waals surface area contributed by atoms with Crippen LogP contribution >= 0.6 is 0 Å². The van der Waals surface area contributed by atoms with Gasteiger partial charge >= 0.3 is 0 Å². The average molecular weight is 330 g/mol. The number of nitrogens with one attached hydrogen (secondary N) is 2. The lowest BCUT2D eigenvalue weighted by Crippen LogP contribution is -2.37. The molecule has 1 aromatic heterocycles. The average Bonchev–Trinajstić information content (AvgIpc) is 3.17. The van der Waals surface area contributed by atoms with Gasteiger partial charge in [0.2, 0.25) is 5.91 Å². The van der Waals surface area contributed by atoms with Gasteiger partial charge in [0.25, 0.3) is 0 Å². The van der Waals surface area contributed by atoms with Crippen molar-refractivity contribution >= 4 is 5.91 Å². The van der Waals surface area contributed by atoms with E-state index in [0.717, 1.165) is 35.6 Å². The molecule has 2 N–H and O–H groups in total. The van der Waals surface area contributed by atoms with Crippen LogP contribution in [-0.4, -0.2) is 34.8 Å². The molecule has 1 unspecified atom stereocenters. The Balaban J connectivity index is 1.69.